The number of hydrogen-bond acceptors (Lipinski definition) is 4. The van der Waals surface area contributed by atoms with Crippen molar-refractivity contribution < 1.29 is 4.79 Å². The first-order chi connectivity index (χ1) is 12.0. The summed E-state index contributed by atoms with van der Waals surface area (Å²) in [5.41, 5.74) is 2.38. The van der Waals surface area contributed by atoms with E-state index in [0.717, 1.165) is 30.0 Å². The molecule has 0 aromatic carbocycles. The van der Waals surface area contributed by atoms with Crippen molar-refractivity contribution in [3.63, 3.8) is 0 Å². The summed E-state index contributed by atoms with van der Waals surface area (Å²) in [5.74, 6) is 0.839. The highest BCUT2D eigenvalue weighted by molar-refractivity contribution is 5.93. The number of amides is 1. The first-order valence-electron chi connectivity index (χ1n) is 8.36. The SMILES string of the molecule is Cc1cc(C(=O)N2CCCn3ccnc3C2c2cnn(C)c2)n(C)n1. The fourth-order valence-corrected chi connectivity index (χ4v) is 3.52. The zero-order chi connectivity index (χ0) is 17.6. The van der Waals surface area contributed by atoms with E-state index in [9.17, 15) is 4.79 Å². The van der Waals surface area contributed by atoms with E-state index in [4.69, 9.17) is 0 Å². The molecular formula is C17H21N7O. The predicted molar refractivity (Wildman–Crippen MR) is 90.9 cm³/mol. The zero-order valence-corrected chi connectivity index (χ0v) is 14.6. The molecule has 0 saturated carbocycles. The van der Waals surface area contributed by atoms with Gasteiger partial charge in [0.05, 0.1) is 11.9 Å². The molecule has 0 bridgehead atoms. The number of aryl methyl sites for hydroxylation is 4. The molecule has 0 spiro atoms. The molecule has 0 aliphatic carbocycles. The smallest absolute Gasteiger partial charge is 0.273 e. The molecule has 8 nitrogen and oxygen atoms in total. The van der Waals surface area contributed by atoms with Crippen LogP contribution in [0.1, 0.15) is 40.0 Å². The zero-order valence-electron chi connectivity index (χ0n) is 14.6. The summed E-state index contributed by atoms with van der Waals surface area (Å²) in [6.07, 6.45) is 8.40. The lowest BCUT2D eigenvalue weighted by Crippen LogP contribution is -2.37. The van der Waals surface area contributed by atoms with Crippen LogP contribution in [-0.2, 0) is 20.6 Å². The van der Waals surface area contributed by atoms with Gasteiger partial charge in [0.25, 0.3) is 5.91 Å². The van der Waals surface area contributed by atoms with Gasteiger partial charge in [-0.1, -0.05) is 0 Å². The topological polar surface area (TPSA) is 73.8 Å². The van der Waals surface area contributed by atoms with Gasteiger partial charge in [0.2, 0.25) is 0 Å². The van der Waals surface area contributed by atoms with Gasteiger partial charge < -0.3 is 9.47 Å². The van der Waals surface area contributed by atoms with E-state index in [-0.39, 0.29) is 11.9 Å². The van der Waals surface area contributed by atoms with Gasteiger partial charge in [-0.15, -0.1) is 0 Å². The van der Waals surface area contributed by atoms with E-state index >= 15 is 0 Å². The van der Waals surface area contributed by atoms with E-state index in [1.165, 1.54) is 0 Å². The van der Waals surface area contributed by atoms with E-state index in [0.29, 0.717) is 12.2 Å². The van der Waals surface area contributed by atoms with Crippen LogP contribution in [-0.4, -0.2) is 46.5 Å². The number of aromatic nitrogens is 6. The number of hydrogen-bond donors (Lipinski definition) is 0. The summed E-state index contributed by atoms with van der Waals surface area (Å²) in [6, 6.07) is 1.58. The predicted octanol–water partition coefficient (Wildman–Crippen LogP) is 1.29. The minimum absolute atomic E-state index is 0.0339. The fourth-order valence-electron chi connectivity index (χ4n) is 3.52. The van der Waals surface area contributed by atoms with Gasteiger partial charge in [0, 0.05) is 51.3 Å². The quantitative estimate of drug-likeness (QED) is 0.705. The van der Waals surface area contributed by atoms with Crippen LogP contribution in [0.2, 0.25) is 0 Å². The summed E-state index contributed by atoms with van der Waals surface area (Å²) in [5, 5.41) is 8.61. The number of carbonyl (C=O) groups excluding carboxylic acids is 1. The highest BCUT2D eigenvalue weighted by Gasteiger charge is 2.34. The third kappa shape index (κ3) is 2.63. The largest absolute Gasteiger partial charge is 0.333 e. The maximum absolute atomic E-state index is 13.3. The lowest BCUT2D eigenvalue weighted by Gasteiger charge is -2.28. The Morgan fingerprint density at radius 3 is 2.80 bits per heavy atom. The van der Waals surface area contributed by atoms with Crippen molar-refractivity contribution in [3.05, 3.63) is 53.6 Å². The molecule has 8 heteroatoms. The van der Waals surface area contributed by atoms with Crippen LogP contribution in [0.3, 0.4) is 0 Å². The highest BCUT2D eigenvalue weighted by Crippen LogP contribution is 2.31. The molecule has 1 aliphatic heterocycles. The average Bonchev–Trinajstić information content (AvgIpc) is 3.25. The van der Waals surface area contributed by atoms with Crippen LogP contribution in [0.4, 0.5) is 0 Å². The van der Waals surface area contributed by atoms with Crippen molar-refractivity contribution in [2.24, 2.45) is 14.1 Å². The Bertz CT molecular complexity index is 919. The number of imidazole rings is 1. The molecule has 1 aliphatic rings. The van der Waals surface area contributed by atoms with Crippen molar-refractivity contribution in [1.29, 1.82) is 0 Å². The summed E-state index contributed by atoms with van der Waals surface area (Å²) in [7, 11) is 3.68. The lowest BCUT2D eigenvalue weighted by atomic mass is 10.1. The van der Waals surface area contributed by atoms with Gasteiger partial charge in [-0.3, -0.25) is 14.2 Å². The first-order valence-corrected chi connectivity index (χ1v) is 8.36. The number of carbonyl (C=O) groups is 1. The molecular weight excluding hydrogens is 318 g/mol. The van der Waals surface area contributed by atoms with Crippen molar-refractivity contribution in [2.75, 3.05) is 6.54 Å². The molecule has 0 radical (unpaired) electrons. The van der Waals surface area contributed by atoms with E-state index in [1.54, 1.807) is 22.6 Å². The van der Waals surface area contributed by atoms with Gasteiger partial charge >= 0.3 is 0 Å². The number of nitrogens with zero attached hydrogens (tertiary/aromatic N) is 7. The van der Waals surface area contributed by atoms with Gasteiger partial charge in [-0.05, 0) is 19.4 Å². The Labute approximate surface area is 145 Å². The van der Waals surface area contributed by atoms with Crippen molar-refractivity contribution >= 4 is 5.91 Å². The van der Waals surface area contributed by atoms with E-state index in [2.05, 4.69) is 19.7 Å². The Morgan fingerprint density at radius 2 is 2.12 bits per heavy atom. The summed E-state index contributed by atoms with van der Waals surface area (Å²) in [4.78, 5) is 19.7. The minimum atomic E-state index is -0.256. The normalized spacial score (nSPS) is 17.4. The molecule has 25 heavy (non-hydrogen) atoms. The van der Waals surface area contributed by atoms with Crippen LogP contribution < -0.4 is 0 Å². The third-order valence-electron chi connectivity index (χ3n) is 4.62. The van der Waals surface area contributed by atoms with Crippen LogP contribution in [0.25, 0.3) is 0 Å². The van der Waals surface area contributed by atoms with Crippen molar-refractivity contribution in [1.82, 2.24) is 34.0 Å². The summed E-state index contributed by atoms with van der Waals surface area (Å²) in [6.45, 7) is 3.40. The Balaban J connectivity index is 1.81. The van der Waals surface area contributed by atoms with Crippen LogP contribution in [0.5, 0.6) is 0 Å². The molecule has 4 heterocycles. The first kappa shape index (κ1) is 15.6. The van der Waals surface area contributed by atoms with Crippen LogP contribution >= 0.6 is 0 Å². The molecule has 1 amide bonds. The lowest BCUT2D eigenvalue weighted by molar-refractivity contribution is 0.0695. The third-order valence-corrected chi connectivity index (χ3v) is 4.62. The van der Waals surface area contributed by atoms with Crippen LogP contribution in [0.15, 0.2) is 30.9 Å². The minimum Gasteiger partial charge on any atom is -0.333 e. The Kier molecular flexibility index (Phi) is 3.67. The second-order valence-electron chi connectivity index (χ2n) is 6.48. The maximum Gasteiger partial charge on any atom is 0.273 e. The monoisotopic (exact) mass is 339 g/mol. The van der Waals surface area contributed by atoms with Gasteiger partial charge in [-0.2, -0.15) is 10.2 Å². The molecule has 3 aromatic rings. The molecule has 130 valence electrons. The van der Waals surface area contributed by atoms with Gasteiger partial charge in [0.15, 0.2) is 0 Å². The summed E-state index contributed by atoms with van der Waals surface area (Å²) < 4.78 is 5.53. The second kappa shape index (κ2) is 5.87. The Morgan fingerprint density at radius 1 is 1.28 bits per heavy atom. The molecule has 3 aromatic heterocycles. The molecule has 0 N–H and O–H groups in total. The maximum atomic E-state index is 13.3. The standard InChI is InChI=1S/C17H21N7O/c1-12-9-14(22(3)20-12)17(25)24-7-4-6-23-8-5-18-16(23)15(24)13-10-19-21(2)11-13/h5,8-11,15H,4,6-7H2,1-3H3. The summed E-state index contributed by atoms with van der Waals surface area (Å²) >= 11 is 0. The highest BCUT2D eigenvalue weighted by atomic mass is 16.2. The van der Waals surface area contributed by atoms with Gasteiger partial charge in [-0.25, -0.2) is 4.98 Å². The molecule has 1 unspecified atom stereocenters. The molecule has 0 saturated heterocycles. The van der Waals surface area contributed by atoms with Crippen molar-refractivity contribution in [2.45, 2.75) is 25.9 Å². The van der Waals surface area contributed by atoms with Crippen molar-refractivity contribution in [3.8, 4) is 0 Å². The molecule has 1 atom stereocenters. The molecule has 4 rings (SSSR count). The average molecular weight is 339 g/mol. The number of rotatable bonds is 2. The Hall–Kier alpha value is -2.90. The second-order valence-corrected chi connectivity index (χ2v) is 6.48. The van der Waals surface area contributed by atoms with Crippen LogP contribution in [0, 0.1) is 6.92 Å². The fraction of sp³-hybridized carbons (Fsp3) is 0.412. The van der Waals surface area contributed by atoms with Gasteiger partial charge in [0.1, 0.15) is 17.6 Å². The number of fused-ring (bicyclic) bond motifs is 1. The van der Waals surface area contributed by atoms with E-state index < -0.39 is 0 Å². The van der Waals surface area contributed by atoms with E-state index in [1.807, 2.05) is 43.5 Å². The molecule has 0 fully saturated rings.